The summed E-state index contributed by atoms with van der Waals surface area (Å²) in [6, 6.07) is 19.3. The van der Waals surface area contributed by atoms with Crippen LogP contribution in [0.1, 0.15) is 47.2 Å². The zero-order valence-corrected chi connectivity index (χ0v) is 20.9. The Morgan fingerprint density at radius 3 is 2.35 bits per heavy atom. The highest BCUT2D eigenvalue weighted by molar-refractivity contribution is 5.91. The first-order valence-corrected chi connectivity index (χ1v) is 11.9. The minimum absolute atomic E-state index is 0.0278. The molecule has 8 nitrogen and oxygen atoms in total. The van der Waals surface area contributed by atoms with E-state index in [1.807, 2.05) is 6.07 Å². The fourth-order valence-corrected chi connectivity index (χ4v) is 4.06. The van der Waals surface area contributed by atoms with Crippen LogP contribution in [0.25, 0.3) is 0 Å². The van der Waals surface area contributed by atoms with Crippen LogP contribution in [0, 0.1) is 11.3 Å². The Hall–Kier alpha value is -4.64. The van der Waals surface area contributed by atoms with E-state index < -0.39 is 11.9 Å². The lowest BCUT2D eigenvalue weighted by atomic mass is 9.83. The minimum atomic E-state index is -0.542. The van der Waals surface area contributed by atoms with Gasteiger partial charge in [-0.05, 0) is 42.8 Å². The molecule has 2 N–H and O–H groups in total. The van der Waals surface area contributed by atoms with E-state index in [0.717, 1.165) is 18.4 Å². The van der Waals surface area contributed by atoms with Gasteiger partial charge in [-0.1, -0.05) is 25.5 Å². The summed E-state index contributed by atoms with van der Waals surface area (Å²) in [5, 5.41) is 9.85. The maximum Gasteiger partial charge on any atom is 0.343 e. The number of methoxy groups -OCH3 is 2. The van der Waals surface area contributed by atoms with Crippen LogP contribution in [0.2, 0.25) is 0 Å². The number of allylic oxidation sites excluding steroid dienone is 1. The minimum Gasteiger partial charge on any atom is -0.497 e. The second-order valence-electron chi connectivity index (χ2n) is 8.35. The SMILES string of the molecule is CCCCOc1ccc(C(=O)Oc2ccc3c(c2)OC(N)=C(C#N)C3c2ccc(OC)cc2OC)cc1. The first-order chi connectivity index (χ1) is 18.0. The predicted octanol–water partition coefficient (Wildman–Crippen LogP) is 5.32. The van der Waals surface area contributed by atoms with Gasteiger partial charge in [-0.3, -0.25) is 0 Å². The molecule has 1 unspecified atom stereocenters. The third-order valence-electron chi connectivity index (χ3n) is 6.01. The lowest BCUT2D eigenvalue weighted by Crippen LogP contribution is -2.21. The maximum absolute atomic E-state index is 12.7. The van der Waals surface area contributed by atoms with Gasteiger partial charge in [0.2, 0.25) is 5.88 Å². The number of benzene rings is 3. The van der Waals surface area contributed by atoms with Gasteiger partial charge in [-0.15, -0.1) is 0 Å². The van der Waals surface area contributed by atoms with E-state index in [0.29, 0.717) is 40.7 Å². The fraction of sp³-hybridized carbons (Fsp3) is 0.241. The molecule has 0 radical (unpaired) electrons. The number of nitrogens with two attached hydrogens (primary N) is 1. The third kappa shape index (κ3) is 5.46. The molecule has 0 aromatic heterocycles. The number of nitriles is 1. The molecule has 37 heavy (non-hydrogen) atoms. The van der Waals surface area contributed by atoms with E-state index >= 15 is 0 Å². The van der Waals surface area contributed by atoms with Crippen LogP contribution >= 0.6 is 0 Å². The second kappa shape index (κ2) is 11.4. The zero-order valence-electron chi connectivity index (χ0n) is 20.9. The molecule has 3 aromatic carbocycles. The smallest absolute Gasteiger partial charge is 0.343 e. The van der Waals surface area contributed by atoms with Crippen molar-refractivity contribution in [2.45, 2.75) is 25.7 Å². The number of nitrogens with zero attached hydrogens (tertiary/aromatic N) is 1. The number of esters is 1. The number of carbonyl (C=O) groups excluding carboxylic acids is 1. The molecule has 0 spiro atoms. The Morgan fingerprint density at radius 2 is 1.68 bits per heavy atom. The fourth-order valence-electron chi connectivity index (χ4n) is 4.06. The molecular formula is C29H28N2O6. The summed E-state index contributed by atoms with van der Waals surface area (Å²) in [7, 11) is 3.11. The van der Waals surface area contributed by atoms with Crippen LogP contribution in [0.4, 0.5) is 0 Å². The predicted molar refractivity (Wildman–Crippen MR) is 137 cm³/mol. The van der Waals surface area contributed by atoms with Crippen molar-refractivity contribution >= 4 is 5.97 Å². The van der Waals surface area contributed by atoms with Crippen molar-refractivity contribution < 1.29 is 28.5 Å². The van der Waals surface area contributed by atoms with Gasteiger partial charge in [0.25, 0.3) is 0 Å². The Kier molecular flexibility index (Phi) is 7.84. The van der Waals surface area contributed by atoms with Crippen molar-refractivity contribution in [3.63, 3.8) is 0 Å². The normalized spacial score (nSPS) is 14.2. The number of ether oxygens (including phenoxy) is 5. The van der Waals surface area contributed by atoms with E-state index in [-0.39, 0.29) is 17.2 Å². The molecule has 0 saturated carbocycles. The number of unbranched alkanes of at least 4 members (excludes halogenated alkanes) is 1. The van der Waals surface area contributed by atoms with Crippen LogP contribution in [-0.4, -0.2) is 26.8 Å². The van der Waals surface area contributed by atoms with Crippen LogP contribution in [0.15, 0.2) is 72.1 Å². The second-order valence-corrected chi connectivity index (χ2v) is 8.35. The van der Waals surface area contributed by atoms with Crippen molar-refractivity contribution in [2.75, 3.05) is 20.8 Å². The standard InChI is InChI=1S/C29H28N2O6/c1-4-5-14-35-19-8-6-18(7-9-19)29(32)36-21-11-13-23-26(16-21)37-28(31)24(17-30)27(23)22-12-10-20(33-2)15-25(22)34-3/h6-13,15-16,27H,4-5,14,31H2,1-3H3. The first kappa shape index (κ1) is 25.5. The van der Waals surface area contributed by atoms with Crippen molar-refractivity contribution in [3.8, 4) is 34.8 Å². The molecule has 1 aliphatic heterocycles. The molecule has 4 rings (SSSR count). The number of hydrogen-bond donors (Lipinski definition) is 1. The van der Waals surface area contributed by atoms with Crippen LogP contribution in [0.3, 0.4) is 0 Å². The van der Waals surface area contributed by atoms with Crippen molar-refractivity contribution in [2.24, 2.45) is 5.73 Å². The van der Waals surface area contributed by atoms with E-state index in [2.05, 4.69) is 13.0 Å². The number of carbonyl (C=O) groups is 1. The summed E-state index contributed by atoms with van der Waals surface area (Å²) in [4.78, 5) is 12.7. The molecule has 3 aromatic rings. The van der Waals surface area contributed by atoms with Gasteiger partial charge in [-0.2, -0.15) is 5.26 Å². The van der Waals surface area contributed by atoms with E-state index in [1.165, 1.54) is 0 Å². The number of rotatable bonds is 9. The Labute approximate surface area is 215 Å². The van der Waals surface area contributed by atoms with Gasteiger partial charge in [0.05, 0.1) is 32.3 Å². The Bertz CT molecular complexity index is 1360. The highest BCUT2D eigenvalue weighted by atomic mass is 16.5. The highest BCUT2D eigenvalue weighted by Crippen LogP contribution is 2.46. The highest BCUT2D eigenvalue weighted by Gasteiger charge is 2.33. The molecule has 0 saturated heterocycles. The molecule has 1 heterocycles. The molecule has 0 bridgehead atoms. The van der Waals surface area contributed by atoms with E-state index in [1.54, 1.807) is 68.8 Å². The van der Waals surface area contributed by atoms with Crippen molar-refractivity contribution in [3.05, 3.63) is 88.8 Å². The van der Waals surface area contributed by atoms with Crippen LogP contribution in [-0.2, 0) is 0 Å². The van der Waals surface area contributed by atoms with Gasteiger partial charge in [-0.25, -0.2) is 4.79 Å². The molecule has 0 amide bonds. The Balaban J connectivity index is 1.60. The molecule has 190 valence electrons. The van der Waals surface area contributed by atoms with Gasteiger partial charge in [0.15, 0.2) is 0 Å². The lowest BCUT2D eigenvalue weighted by molar-refractivity contribution is 0.0734. The average Bonchev–Trinajstić information content (AvgIpc) is 2.92. The van der Waals surface area contributed by atoms with Crippen molar-refractivity contribution in [1.29, 1.82) is 5.26 Å². The molecular weight excluding hydrogens is 472 g/mol. The van der Waals surface area contributed by atoms with Crippen LogP contribution in [0.5, 0.6) is 28.7 Å². The molecule has 1 atom stereocenters. The quantitative estimate of drug-likeness (QED) is 0.239. The summed E-state index contributed by atoms with van der Waals surface area (Å²) in [6.07, 6.45) is 2.01. The summed E-state index contributed by atoms with van der Waals surface area (Å²) in [5.41, 5.74) is 8.17. The van der Waals surface area contributed by atoms with E-state index in [9.17, 15) is 10.1 Å². The van der Waals surface area contributed by atoms with Gasteiger partial charge >= 0.3 is 5.97 Å². The third-order valence-corrected chi connectivity index (χ3v) is 6.01. The summed E-state index contributed by atoms with van der Waals surface area (Å²) < 4.78 is 27.9. The van der Waals surface area contributed by atoms with Crippen molar-refractivity contribution in [1.82, 2.24) is 0 Å². The van der Waals surface area contributed by atoms with Gasteiger partial charge in [0.1, 0.15) is 40.4 Å². The molecule has 1 aliphatic rings. The molecule has 8 heteroatoms. The average molecular weight is 501 g/mol. The zero-order chi connectivity index (χ0) is 26.4. The largest absolute Gasteiger partial charge is 0.497 e. The topological polar surface area (TPSA) is 113 Å². The lowest BCUT2D eigenvalue weighted by Gasteiger charge is -2.27. The molecule has 0 fully saturated rings. The van der Waals surface area contributed by atoms with Crippen LogP contribution < -0.4 is 29.4 Å². The monoisotopic (exact) mass is 500 g/mol. The maximum atomic E-state index is 12.7. The summed E-state index contributed by atoms with van der Waals surface area (Å²) in [6.45, 7) is 2.72. The molecule has 0 aliphatic carbocycles. The Morgan fingerprint density at radius 1 is 0.973 bits per heavy atom. The number of hydrogen-bond acceptors (Lipinski definition) is 8. The summed E-state index contributed by atoms with van der Waals surface area (Å²) >= 11 is 0. The number of fused-ring (bicyclic) bond motifs is 1. The van der Waals surface area contributed by atoms with E-state index in [4.69, 9.17) is 29.4 Å². The summed E-state index contributed by atoms with van der Waals surface area (Å²) in [5.74, 6) is 1.42. The van der Waals surface area contributed by atoms with Gasteiger partial charge in [0, 0.05) is 23.3 Å². The first-order valence-electron chi connectivity index (χ1n) is 11.9. The van der Waals surface area contributed by atoms with Gasteiger partial charge < -0.3 is 29.4 Å².